The number of hydrogen-bond donors (Lipinski definition) is 1. The van der Waals surface area contributed by atoms with E-state index in [1.165, 1.54) is 6.07 Å². The summed E-state index contributed by atoms with van der Waals surface area (Å²) in [6.45, 7) is 1.20. The topological polar surface area (TPSA) is 92.3 Å². The molecule has 2 aromatic rings. The molecule has 24 heavy (non-hydrogen) atoms. The van der Waals surface area contributed by atoms with Gasteiger partial charge >= 0.3 is 5.97 Å². The van der Waals surface area contributed by atoms with Gasteiger partial charge in [0.1, 0.15) is 11.1 Å². The number of rotatable bonds is 5. The standard InChI is InChI=1S/C17H15ClN2O4/c1-17(9-19,11-2-3-11)20-15(21)8-23-16(22)14-7-10-6-12(18)4-5-13(10)24-14/h4-7,11H,2-3,8H2,1H3,(H,20,21)/t17-/m0/s1. The van der Waals surface area contributed by atoms with Crippen LogP contribution in [0.2, 0.25) is 5.02 Å². The summed E-state index contributed by atoms with van der Waals surface area (Å²) in [7, 11) is 0. The van der Waals surface area contributed by atoms with Gasteiger partial charge in [0.05, 0.1) is 6.07 Å². The molecule has 0 aliphatic heterocycles. The molecule has 0 radical (unpaired) electrons. The summed E-state index contributed by atoms with van der Waals surface area (Å²) < 4.78 is 10.3. The number of halogens is 1. The number of nitrogens with one attached hydrogen (secondary N) is 1. The molecule has 1 N–H and O–H groups in total. The van der Waals surface area contributed by atoms with Crippen LogP contribution in [0.1, 0.15) is 30.3 Å². The average Bonchev–Trinajstić information content (AvgIpc) is 3.33. The number of ether oxygens (including phenoxy) is 1. The van der Waals surface area contributed by atoms with E-state index >= 15 is 0 Å². The van der Waals surface area contributed by atoms with Crippen LogP contribution in [0.3, 0.4) is 0 Å². The third kappa shape index (κ3) is 3.36. The van der Waals surface area contributed by atoms with Gasteiger partial charge in [-0.2, -0.15) is 5.26 Å². The van der Waals surface area contributed by atoms with Crippen LogP contribution >= 0.6 is 11.6 Å². The lowest BCUT2D eigenvalue weighted by atomic mass is 9.98. The normalized spacial score (nSPS) is 16.2. The van der Waals surface area contributed by atoms with Crippen molar-refractivity contribution in [1.82, 2.24) is 5.32 Å². The summed E-state index contributed by atoms with van der Waals surface area (Å²) in [5.41, 5.74) is -0.416. The van der Waals surface area contributed by atoms with E-state index in [2.05, 4.69) is 11.4 Å². The van der Waals surface area contributed by atoms with Gasteiger partial charge in [0.2, 0.25) is 5.76 Å². The second-order valence-electron chi connectivity index (χ2n) is 6.01. The Morgan fingerprint density at radius 2 is 2.21 bits per heavy atom. The Morgan fingerprint density at radius 3 is 2.88 bits per heavy atom. The summed E-state index contributed by atoms with van der Waals surface area (Å²) in [4.78, 5) is 23.9. The van der Waals surface area contributed by atoms with Gasteiger partial charge in [-0.15, -0.1) is 0 Å². The van der Waals surface area contributed by atoms with Crippen molar-refractivity contribution in [2.45, 2.75) is 25.3 Å². The molecular formula is C17H15ClN2O4. The summed E-state index contributed by atoms with van der Waals surface area (Å²) >= 11 is 5.88. The monoisotopic (exact) mass is 346 g/mol. The van der Waals surface area contributed by atoms with Crippen molar-refractivity contribution in [3.8, 4) is 6.07 Å². The third-order valence-electron chi connectivity index (χ3n) is 4.04. The van der Waals surface area contributed by atoms with Gasteiger partial charge in [-0.25, -0.2) is 4.79 Å². The lowest BCUT2D eigenvalue weighted by Gasteiger charge is -2.22. The fourth-order valence-corrected chi connectivity index (χ4v) is 2.71. The fourth-order valence-electron chi connectivity index (χ4n) is 2.52. The van der Waals surface area contributed by atoms with Gasteiger partial charge in [-0.1, -0.05) is 11.6 Å². The zero-order chi connectivity index (χ0) is 17.3. The van der Waals surface area contributed by atoms with Crippen LogP contribution in [0, 0.1) is 17.2 Å². The van der Waals surface area contributed by atoms with Crippen LogP contribution in [0.4, 0.5) is 0 Å². The van der Waals surface area contributed by atoms with E-state index in [1.807, 2.05) is 0 Å². The molecule has 1 aromatic carbocycles. The number of furan rings is 1. The zero-order valence-corrected chi connectivity index (χ0v) is 13.7. The van der Waals surface area contributed by atoms with Gasteiger partial charge in [0.15, 0.2) is 6.61 Å². The molecule has 1 heterocycles. The lowest BCUT2D eigenvalue weighted by molar-refractivity contribution is -0.125. The number of carbonyl (C=O) groups excluding carboxylic acids is 2. The first-order valence-electron chi connectivity index (χ1n) is 7.50. The van der Waals surface area contributed by atoms with Crippen molar-refractivity contribution in [1.29, 1.82) is 5.26 Å². The number of fused-ring (bicyclic) bond motifs is 1. The molecule has 1 aromatic heterocycles. The molecule has 0 saturated heterocycles. The van der Waals surface area contributed by atoms with Crippen LogP contribution in [0.15, 0.2) is 28.7 Å². The highest BCUT2D eigenvalue weighted by Crippen LogP contribution is 2.39. The minimum atomic E-state index is -0.917. The molecular weight excluding hydrogens is 332 g/mol. The molecule has 1 amide bonds. The Kier molecular flexibility index (Phi) is 4.20. The summed E-state index contributed by atoms with van der Waals surface area (Å²) in [5, 5.41) is 13.0. The largest absolute Gasteiger partial charge is 0.450 e. The number of amides is 1. The van der Waals surface area contributed by atoms with Crippen molar-refractivity contribution in [2.24, 2.45) is 5.92 Å². The molecule has 0 spiro atoms. The molecule has 1 saturated carbocycles. The molecule has 124 valence electrons. The molecule has 3 rings (SSSR count). The molecule has 1 fully saturated rings. The van der Waals surface area contributed by atoms with Crippen LogP contribution in [0.25, 0.3) is 11.0 Å². The summed E-state index contributed by atoms with van der Waals surface area (Å²) in [6.07, 6.45) is 1.82. The van der Waals surface area contributed by atoms with Gasteiger partial charge in [0, 0.05) is 10.4 Å². The van der Waals surface area contributed by atoms with Crippen molar-refractivity contribution in [2.75, 3.05) is 6.61 Å². The molecule has 7 heteroatoms. The molecule has 1 aliphatic rings. The SMILES string of the molecule is C[C@@](C#N)(NC(=O)COC(=O)c1cc2cc(Cl)ccc2o1)C1CC1. The highest BCUT2D eigenvalue weighted by atomic mass is 35.5. The second-order valence-corrected chi connectivity index (χ2v) is 6.44. The second kappa shape index (κ2) is 6.17. The first-order valence-corrected chi connectivity index (χ1v) is 7.87. The van der Waals surface area contributed by atoms with Crippen molar-refractivity contribution in [3.05, 3.63) is 35.0 Å². The maximum atomic E-state index is 12.0. The number of esters is 1. The minimum Gasteiger partial charge on any atom is -0.450 e. The lowest BCUT2D eigenvalue weighted by Crippen LogP contribution is -2.48. The average molecular weight is 347 g/mol. The number of hydrogen-bond acceptors (Lipinski definition) is 5. The van der Waals surface area contributed by atoms with Crippen molar-refractivity contribution < 1.29 is 18.7 Å². The maximum Gasteiger partial charge on any atom is 0.374 e. The highest BCUT2D eigenvalue weighted by Gasteiger charge is 2.43. The van der Waals surface area contributed by atoms with Gasteiger partial charge in [-0.3, -0.25) is 4.79 Å². The number of nitriles is 1. The predicted octanol–water partition coefficient (Wildman–Crippen LogP) is 3.05. The molecule has 1 atom stereocenters. The van der Waals surface area contributed by atoms with E-state index in [1.54, 1.807) is 25.1 Å². The molecule has 1 aliphatic carbocycles. The first-order chi connectivity index (χ1) is 11.4. The van der Waals surface area contributed by atoms with Crippen LogP contribution in [-0.2, 0) is 9.53 Å². The minimum absolute atomic E-state index is 0.00898. The van der Waals surface area contributed by atoms with Crippen molar-refractivity contribution in [3.63, 3.8) is 0 Å². The summed E-state index contributed by atoms with van der Waals surface area (Å²) in [6, 6.07) is 8.58. The number of nitrogens with zero attached hydrogens (tertiary/aromatic N) is 1. The van der Waals surface area contributed by atoms with E-state index < -0.39 is 24.0 Å². The van der Waals surface area contributed by atoms with Gasteiger partial charge in [-0.05, 0) is 49.9 Å². The van der Waals surface area contributed by atoms with E-state index in [9.17, 15) is 14.9 Å². The van der Waals surface area contributed by atoms with Crippen LogP contribution in [0.5, 0.6) is 0 Å². The Morgan fingerprint density at radius 1 is 1.46 bits per heavy atom. The van der Waals surface area contributed by atoms with Crippen LogP contribution in [-0.4, -0.2) is 24.0 Å². The Hall–Kier alpha value is -2.52. The van der Waals surface area contributed by atoms with E-state index in [0.717, 1.165) is 12.8 Å². The number of benzene rings is 1. The molecule has 6 nitrogen and oxygen atoms in total. The Labute approximate surface area is 143 Å². The van der Waals surface area contributed by atoms with Gasteiger partial charge in [0.25, 0.3) is 5.91 Å². The summed E-state index contributed by atoms with van der Waals surface area (Å²) in [5.74, 6) is -1.12. The van der Waals surface area contributed by atoms with E-state index in [0.29, 0.717) is 16.0 Å². The fraction of sp³-hybridized carbons (Fsp3) is 0.353. The number of carbonyl (C=O) groups is 2. The molecule has 0 unspecified atom stereocenters. The quantitative estimate of drug-likeness (QED) is 0.840. The Bertz CT molecular complexity index is 850. The van der Waals surface area contributed by atoms with E-state index in [4.69, 9.17) is 20.8 Å². The van der Waals surface area contributed by atoms with E-state index in [-0.39, 0.29) is 11.7 Å². The molecule has 0 bridgehead atoms. The first kappa shape index (κ1) is 16.3. The Balaban J connectivity index is 1.60. The van der Waals surface area contributed by atoms with Crippen molar-refractivity contribution >= 4 is 34.4 Å². The smallest absolute Gasteiger partial charge is 0.374 e. The highest BCUT2D eigenvalue weighted by molar-refractivity contribution is 6.31. The maximum absolute atomic E-state index is 12.0. The van der Waals surface area contributed by atoms with Gasteiger partial charge < -0.3 is 14.5 Å². The third-order valence-corrected chi connectivity index (χ3v) is 4.27. The zero-order valence-electron chi connectivity index (χ0n) is 13.0. The predicted molar refractivity (Wildman–Crippen MR) is 86.4 cm³/mol. The van der Waals surface area contributed by atoms with Crippen LogP contribution < -0.4 is 5.32 Å².